The molecule has 0 atom stereocenters. The van der Waals surface area contributed by atoms with E-state index in [4.69, 9.17) is 4.74 Å². The van der Waals surface area contributed by atoms with Crippen LogP contribution in [0, 0.1) is 21.4 Å². The Morgan fingerprint density at radius 3 is 2.68 bits per heavy atom. The summed E-state index contributed by atoms with van der Waals surface area (Å²) in [5.41, 5.74) is 2.27. The number of carbonyl (C=O) groups excluding carboxylic acids is 1. The summed E-state index contributed by atoms with van der Waals surface area (Å²) in [4.78, 5) is 23.4. The topological polar surface area (TPSA) is 110 Å². The van der Waals surface area contributed by atoms with Gasteiger partial charge in [0.2, 0.25) is 0 Å². The molecule has 8 nitrogen and oxygen atoms in total. The third-order valence-electron chi connectivity index (χ3n) is 5.32. The van der Waals surface area contributed by atoms with E-state index in [2.05, 4.69) is 5.32 Å². The number of nitrogens with zero attached hydrogens (tertiary/aromatic N) is 3. The fourth-order valence-electron chi connectivity index (χ4n) is 3.72. The predicted molar refractivity (Wildman–Crippen MR) is 129 cm³/mol. The van der Waals surface area contributed by atoms with Gasteiger partial charge in [0, 0.05) is 35.3 Å². The number of nitro benzene ring substituents is 1. The third-order valence-corrected chi connectivity index (χ3v) is 5.32. The third kappa shape index (κ3) is 4.64. The molecule has 1 amide bonds. The number of rotatable bonds is 7. The van der Waals surface area contributed by atoms with Crippen molar-refractivity contribution in [1.82, 2.24) is 4.57 Å². The SMILES string of the molecule is COc1cccc(Cn2cc(/C=C(\C#N)C(=O)Nc3ccccc3[N+](=O)[O-])c3ccccc32)c1. The number of benzene rings is 3. The highest BCUT2D eigenvalue weighted by Crippen LogP contribution is 2.27. The first-order valence-electron chi connectivity index (χ1n) is 10.4. The first kappa shape index (κ1) is 22.3. The summed E-state index contributed by atoms with van der Waals surface area (Å²) < 4.78 is 7.34. The Morgan fingerprint density at radius 1 is 1.15 bits per heavy atom. The molecule has 0 aliphatic rings. The number of ether oxygens (including phenoxy) is 1. The Morgan fingerprint density at radius 2 is 1.91 bits per heavy atom. The van der Waals surface area contributed by atoms with Crippen molar-refractivity contribution >= 4 is 34.3 Å². The lowest BCUT2D eigenvalue weighted by atomic mass is 10.1. The zero-order chi connectivity index (χ0) is 24.1. The molecule has 4 aromatic rings. The van der Waals surface area contributed by atoms with Gasteiger partial charge in [-0.3, -0.25) is 14.9 Å². The van der Waals surface area contributed by atoms with Gasteiger partial charge < -0.3 is 14.6 Å². The first-order chi connectivity index (χ1) is 16.5. The average molecular weight is 452 g/mol. The monoisotopic (exact) mass is 452 g/mol. The molecular formula is C26H20N4O4. The van der Waals surface area contributed by atoms with Crippen LogP contribution < -0.4 is 10.1 Å². The van der Waals surface area contributed by atoms with E-state index < -0.39 is 10.8 Å². The van der Waals surface area contributed by atoms with Crippen molar-refractivity contribution in [3.05, 3.63) is 106 Å². The smallest absolute Gasteiger partial charge is 0.292 e. The number of hydrogen-bond acceptors (Lipinski definition) is 5. The number of fused-ring (bicyclic) bond motifs is 1. The van der Waals surface area contributed by atoms with Crippen molar-refractivity contribution in [3.63, 3.8) is 0 Å². The van der Waals surface area contributed by atoms with Crippen molar-refractivity contribution < 1.29 is 14.5 Å². The zero-order valence-corrected chi connectivity index (χ0v) is 18.3. The molecule has 0 bridgehead atoms. The summed E-state index contributed by atoms with van der Waals surface area (Å²) in [6.45, 7) is 0.565. The molecule has 0 saturated heterocycles. The fourth-order valence-corrected chi connectivity index (χ4v) is 3.72. The van der Waals surface area contributed by atoms with Gasteiger partial charge in [-0.1, -0.05) is 42.5 Å². The van der Waals surface area contributed by atoms with Crippen molar-refractivity contribution in [2.75, 3.05) is 12.4 Å². The van der Waals surface area contributed by atoms with Crippen molar-refractivity contribution in [2.24, 2.45) is 0 Å². The quantitative estimate of drug-likeness (QED) is 0.180. The number of nitriles is 1. The van der Waals surface area contributed by atoms with E-state index in [9.17, 15) is 20.2 Å². The average Bonchev–Trinajstić information content (AvgIpc) is 3.19. The molecule has 4 rings (SSSR count). The van der Waals surface area contributed by atoms with Crippen molar-refractivity contribution in [1.29, 1.82) is 5.26 Å². The Balaban J connectivity index is 1.69. The fraction of sp³-hybridized carbons (Fsp3) is 0.0769. The Kier molecular flexibility index (Phi) is 6.37. The molecule has 0 saturated carbocycles. The second-order valence-electron chi connectivity index (χ2n) is 7.48. The highest BCUT2D eigenvalue weighted by molar-refractivity contribution is 6.11. The van der Waals surface area contributed by atoms with Gasteiger partial charge in [0.25, 0.3) is 11.6 Å². The number of amides is 1. The Hall–Kier alpha value is -4.90. The molecule has 0 unspecified atom stereocenters. The summed E-state index contributed by atoms with van der Waals surface area (Å²) >= 11 is 0. The Bertz CT molecular complexity index is 1460. The molecule has 168 valence electrons. The van der Waals surface area contributed by atoms with Crippen molar-refractivity contribution in [2.45, 2.75) is 6.54 Å². The van der Waals surface area contributed by atoms with Gasteiger partial charge in [-0.2, -0.15) is 5.26 Å². The molecule has 1 aromatic heterocycles. The minimum Gasteiger partial charge on any atom is -0.497 e. The van der Waals surface area contributed by atoms with E-state index in [-0.39, 0.29) is 16.9 Å². The second-order valence-corrected chi connectivity index (χ2v) is 7.48. The minimum absolute atomic E-state index is 0.0269. The van der Waals surface area contributed by atoms with Gasteiger partial charge in [-0.05, 0) is 35.9 Å². The maximum Gasteiger partial charge on any atom is 0.292 e. The van der Waals surface area contributed by atoms with Crippen LogP contribution >= 0.6 is 0 Å². The Labute approximate surface area is 195 Å². The zero-order valence-electron chi connectivity index (χ0n) is 18.3. The molecule has 0 spiro atoms. The number of para-hydroxylation sites is 3. The van der Waals surface area contributed by atoms with Gasteiger partial charge in [-0.15, -0.1) is 0 Å². The summed E-state index contributed by atoms with van der Waals surface area (Å²) in [6, 6.07) is 23.1. The number of anilines is 1. The minimum atomic E-state index is -0.721. The van der Waals surface area contributed by atoms with Crippen molar-refractivity contribution in [3.8, 4) is 11.8 Å². The summed E-state index contributed by atoms with van der Waals surface area (Å²) in [6.07, 6.45) is 3.37. The van der Waals surface area contributed by atoms with E-state index in [1.165, 1.54) is 24.3 Å². The molecule has 0 aliphatic heterocycles. The standard InChI is InChI=1S/C26H20N4O4/c1-34-21-8-6-7-18(13-21)16-29-17-20(22-9-2-4-11-24(22)29)14-19(15-27)26(31)28-23-10-3-5-12-25(23)30(32)33/h2-14,17H,16H2,1H3,(H,28,31)/b19-14+. The van der Waals surface area contributed by atoms with E-state index in [1.807, 2.05) is 65.4 Å². The highest BCUT2D eigenvalue weighted by atomic mass is 16.6. The van der Waals surface area contributed by atoms with Crippen LogP contribution in [0.2, 0.25) is 0 Å². The van der Waals surface area contributed by atoms with Crippen LogP contribution in [0.15, 0.2) is 84.6 Å². The van der Waals surface area contributed by atoms with Crippen LogP contribution in [-0.4, -0.2) is 22.5 Å². The largest absolute Gasteiger partial charge is 0.497 e. The number of nitrogens with one attached hydrogen (secondary N) is 1. The molecule has 34 heavy (non-hydrogen) atoms. The van der Waals surface area contributed by atoms with Crippen LogP contribution in [0.25, 0.3) is 17.0 Å². The number of carbonyl (C=O) groups is 1. The number of methoxy groups -OCH3 is 1. The summed E-state index contributed by atoms with van der Waals surface area (Å²) in [5.74, 6) is 0.0361. The second kappa shape index (κ2) is 9.71. The van der Waals surface area contributed by atoms with E-state index in [0.29, 0.717) is 12.1 Å². The van der Waals surface area contributed by atoms with E-state index >= 15 is 0 Å². The predicted octanol–water partition coefficient (Wildman–Crippen LogP) is 5.15. The first-order valence-corrected chi connectivity index (χ1v) is 10.4. The highest BCUT2D eigenvalue weighted by Gasteiger charge is 2.18. The molecule has 1 N–H and O–H groups in total. The summed E-state index contributed by atoms with van der Waals surface area (Å²) in [7, 11) is 1.62. The molecule has 0 aliphatic carbocycles. The molecular weight excluding hydrogens is 432 g/mol. The van der Waals surface area contributed by atoms with Gasteiger partial charge in [0.15, 0.2) is 0 Å². The number of nitro groups is 1. The number of aromatic nitrogens is 1. The van der Waals surface area contributed by atoms with E-state index in [0.717, 1.165) is 22.2 Å². The van der Waals surface area contributed by atoms with Crippen LogP contribution in [0.1, 0.15) is 11.1 Å². The number of hydrogen-bond donors (Lipinski definition) is 1. The normalized spacial score (nSPS) is 11.1. The van der Waals surface area contributed by atoms with Crippen LogP contribution in [0.5, 0.6) is 5.75 Å². The molecule has 3 aromatic carbocycles. The molecule has 1 heterocycles. The van der Waals surface area contributed by atoms with Gasteiger partial charge in [-0.25, -0.2) is 0 Å². The van der Waals surface area contributed by atoms with Gasteiger partial charge in [0.1, 0.15) is 23.1 Å². The summed E-state index contributed by atoms with van der Waals surface area (Å²) in [5, 5.41) is 24.2. The molecule has 0 fully saturated rings. The lowest BCUT2D eigenvalue weighted by Crippen LogP contribution is -2.14. The van der Waals surface area contributed by atoms with Gasteiger partial charge >= 0.3 is 0 Å². The van der Waals surface area contributed by atoms with Crippen LogP contribution in [0.4, 0.5) is 11.4 Å². The maximum atomic E-state index is 12.8. The van der Waals surface area contributed by atoms with Crippen LogP contribution in [0.3, 0.4) is 0 Å². The molecule has 8 heteroatoms. The lowest BCUT2D eigenvalue weighted by molar-refractivity contribution is -0.383. The lowest BCUT2D eigenvalue weighted by Gasteiger charge is -2.07. The molecule has 0 radical (unpaired) electrons. The maximum absolute atomic E-state index is 12.8. The van der Waals surface area contributed by atoms with Crippen LogP contribution in [-0.2, 0) is 11.3 Å². The van der Waals surface area contributed by atoms with Gasteiger partial charge in [0.05, 0.1) is 12.0 Å². The van der Waals surface area contributed by atoms with E-state index in [1.54, 1.807) is 13.2 Å².